The normalized spacial score (nSPS) is 33.9. The number of H-pyrrole nitrogens is 1. The number of thioether (sulfide) groups is 1. The van der Waals surface area contributed by atoms with Crippen molar-refractivity contribution in [2.24, 2.45) is 0 Å². The van der Waals surface area contributed by atoms with Crippen molar-refractivity contribution in [3.8, 4) is 0 Å². The Morgan fingerprint density at radius 2 is 1.71 bits per heavy atom. The van der Waals surface area contributed by atoms with Gasteiger partial charge in [-0.05, 0) is 0 Å². The van der Waals surface area contributed by atoms with Crippen LogP contribution in [0.1, 0.15) is 13.2 Å². The molecule has 0 aromatic carbocycles. The maximum absolute atomic E-state index is 12.4. The number of nitrogens with one attached hydrogen (secondary N) is 2. The molecule has 2 aliphatic rings. The topological polar surface area (TPSA) is 302 Å². The second-order valence-corrected chi connectivity index (χ2v) is 13.6. The van der Waals surface area contributed by atoms with Crippen molar-refractivity contribution in [1.82, 2.24) is 14.9 Å². The molecule has 0 radical (unpaired) electrons. The van der Waals surface area contributed by atoms with Crippen molar-refractivity contribution in [2.75, 3.05) is 18.7 Å². The van der Waals surface area contributed by atoms with E-state index >= 15 is 0 Å². The summed E-state index contributed by atoms with van der Waals surface area (Å²) in [7, 11) is -10.9. The zero-order valence-electron chi connectivity index (χ0n) is 22.4. The minimum Gasteiger partial charge on any atom is -0.778 e. The summed E-state index contributed by atoms with van der Waals surface area (Å²) in [5.74, 6) is -0.666. The molecule has 0 saturated carbocycles. The number of hydrogen-bond donors (Lipinski definition) is 7. The van der Waals surface area contributed by atoms with Crippen molar-refractivity contribution in [3.05, 3.63) is 33.1 Å². The van der Waals surface area contributed by atoms with E-state index in [2.05, 4.69) is 14.2 Å². The first kappa shape index (κ1) is 40.5. The number of aromatic nitrogens is 2. The first-order chi connectivity index (χ1) is 18.5. The van der Waals surface area contributed by atoms with Crippen molar-refractivity contribution < 1.29 is 127 Å². The summed E-state index contributed by atoms with van der Waals surface area (Å²) < 4.78 is 44.5. The Labute approximate surface area is 285 Å². The fourth-order valence-electron chi connectivity index (χ4n) is 3.87. The number of nitrogens with zero attached hydrogens (tertiary/aromatic N) is 1. The van der Waals surface area contributed by atoms with Gasteiger partial charge in [0.25, 0.3) is 13.4 Å². The van der Waals surface area contributed by atoms with Gasteiger partial charge in [-0.15, -0.1) is 11.8 Å². The Kier molecular flexibility index (Phi) is 16.3. The molecule has 1 amide bonds. The summed E-state index contributed by atoms with van der Waals surface area (Å²) in [6.07, 6.45) is -10.4. The zero-order valence-corrected chi connectivity index (χ0v) is 29.1. The second-order valence-electron chi connectivity index (χ2n) is 8.73. The van der Waals surface area contributed by atoms with Gasteiger partial charge >= 0.3 is 64.8 Å². The first-order valence-electron chi connectivity index (χ1n) is 11.4. The molecular weight excluding hydrogens is 654 g/mol. The zero-order chi connectivity index (χ0) is 30.0. The largest absolute Gasteiger partial charge is 1.00 e. The molecule has 0 spiro atoms. The molecule has 228 valence electrons. The van der Waals surface area contributed by atoms with Crippen LogP contribution in [-0.4, -0.2) is 108 Å². The quantitative estimate of drug-likeness (QED) is 0.0842. The van der Waals surface area contributed by atoms with Gasteiger partial charge in [0, 0.05) is 19.2 Å². The van der Waals surface area contributed by atoms with Crippen molar-refractivity contribution >= 4 is 33.1 Å². The van der Waals surface area contributed by atoms with E-state index < -0.39 is 106 Å². The molecule has 1 aromatic rings. The Balaban J connectivity index is 0.00000441. The van der Waals surface area contributed by atoms with Crippen LogP contribution in [0.5, 0.6) is 0 Å². The van der Waals surface area contributed by atoms with E-state index in [1.807, 2.05) is 4.98 Å². The van der Waals surface area contributed by atoms with Crippen LogP contribution >= 0.6 is 27.2 Å². The van der Waals surface area contributed by atoms with E-state index in [-0.39, 0.29) is 59.1 Å². The second kappa shape index (κ2) is 16.9. The summed E-state index contributed by atoms with van der Waals surface area (Å²) in [5.41, 5.74) is -4.21. The minimum absolute atomic E-state index is 0. The molecular formula is C18H27N3Na2O16P2S. The summed E-state index contributed by atoms with van der Waals surface area (Å²) >= 11 is 0.374. The molecule has 11 atom stereocenters. The maximum Gasteiger partial charge on any atom is 1.00 e. The van der Waals surface area contributed by atoms with E-state index in [0.29, 0.717) is 11.8 Å². The molecule has 42 heavy (non-hydrogen) atoms. The summed E-state index contributed by atoms with van der Waals surface area (Å²) in [4.78, 5) is 61.1. The van der Waals surface area contributed by atoms with Crippen LogP contribution < -0.4 is 85.5 Å². The van der Waals surface area contributed by atoms with E-state index in [4.69, 9.17) is 9.47 Å². The molecule has 0 aliphatic carbocycles. The van der Waals surface area contributed by atoms with Crippen molar-refractivity contribution in [1.29, 1.82) is 0 Å². The number of phosphoric ester groups is 1. The smallest absolute Gasteiger partial charge is 0.778 e. The maximum atomic E-state index is 12.4. The minimum atomic E-state index is -5.64. The fourth-order valence-corrected chi connectivity index (χ4v) is 8.19. The van der Waals surface area contributed by atoms with Crippen LogP contribution in [0.25, 0.3) is 0 Å². The predicted molar refractivity (Wildman–Crippen MR) is 127 cm³/mol. The molecule has 2 unspecified atom stereocenters. The van der Waals surface area contributed by atoms with Crippen LogP contribution in [0.4, 0.5) is 0 Å². The van der Waals surface area contributed by atoms with Crippen molar-refractivity contribution in [3.63, 3.8) is 0 Å². The summed E-state index contributed by atoms with van der Waals surface area (Å²) in [6.45, 7) is -0.727. The van der Waals surface area contributed by atoms with Gasteiger partial charge in [-0.3, -0.25) is 28.0 Å². The van der Waals surface area contributed by atoms with E-state index in [0.717, 1.165) is 23.8 Å². The first-order valence-corrected chi connectivity index (χ1v) is 15.6. The Bertz CT molecular complexity index is 1270. The van der Waals surface area contributed by atoms with Gasteiger partial charge in [-0.2, -0.15) is 0 Å². The number of aromatic amines is 1. The van der Waals surface area contributed by atoms with Crippen LogP contribution in [0.15, 0.2) is 21.9 Å². The third kappa shape index (κ3) is 10.5. The van der Waals surface area contributed by atoms with E-state index in [1.54, 1.807) is 0 Å². The standard InChI is InChI=1S/C18H29N3O16P2S.2Na/c1-7(23)19-11-14(27)12(25)8(4-22)36-17(11)40-6-38(30,31)37-39(32,33)34-5-9-13(26)15(28)16(35-9)21-3-2-10(24)20-18(21)29;;/h2-3,8-9,11-17,22,25-28H,4-6H2,1H3,(H,19,23)(H,30,31)(H,32,33)(H,20,24,29);;/q;2*+1/p-2/t8-,9-,11-,12-,13-,14-,15-,16-,17-;;/m1../s1. The molecule has 24 heteroatoms. The third-order valence-corrected chi connectivity index (χ3v) is 10.6. The molecule has 3 heterocycles. The summed E-state index contributed by atoms with van der Waals surface area (Å²) in [6, 6.07) is -0.410. The predicted octanol–water partition coefficient (Wildman–Crippen LogP) is -11.1. The number of ether oxygens (including phenoxy) is 2. The average molecular weight is 681 g/mol. The Hall–Kier alpha value is 0.520. The molecule has 19 nitrogen and oxygen atoms in total. The van der Waals surface area contributed by atoms with Gasteiger partial charge < -0.3 is 59.2 Å². The number of carbonyl (C=O) groups excluding carboxylic acids is 1. The third-order valence-electron chi connectivity index (χ3n) is 5.73. The van der Waals surface area contributed by atoms with E-state index in [9.17, 15) is 58.8 Å². The number of amides is 1. The number of phosphoric acid groups is 1. The molecule has 2 aliphatic heterocycles. The molecule has 1 aromatic heterocycles. The van der Waals surface area contributed by atoms with E-state index in [1.165, 1.54) is 0 Å². The SMILES string of the molecule is CC(=O)N[C@@H]1[C@@H](O)[C@H](O)[C@@H](CO)O[C@@H]1SCP(=O)([O-])OP(=O)([O-])OC[C@H]1O[C@@H](n2ccc(=O)[nH]c2=O)[C@H](O)[C@@H]1O.[Na+].[Na+]. The number of carbonyl (C=O) groups is 1. The molecule has 0 bridgehead atoms. The molecule has 7 N–H and O–H groups in total. The fraction of sp³-hybridized carbons (Fsp3) is 0.722. The van der Waals surface area contributed by atoms with Gasteiger partial charge in [0.15, 0.2) is 13.8 Å². The van der Waals surface area contributed by atoms with Gasteiger partial charge in [-0.1, -0.05) is 0 Å². The van der Waals surface area contributed by atoms with Gasteiger partial charge in [0.2, 0.25) is 5.91 Å². The van der Waals surface area contributed by atoms with Crippen LogP contribution in [0, 0.1) is 0 Å². The average Bonchev–Trinajstić information content (AvgIpc) is 3.13. The van der Waals surface area contributed by atoms with Crippen LogP contribution in [0.2, 0.25) is 0 Å². The molecule has 2 saturated heterocycles. The van der Waals surface area contributed by atoms with Gasteiger partial charge in [0.1, 0.15) is 42.1 Å². The number of aliphatic hydroxyl groups is 5. The van der Waals surface area contributed by atoms with Crippen LogP contribution in [-0.2, 0) is 32.2 Å². The van der Waals surface area contributed by atoms with Crippen molar-refractivity contribution in [2.45, 2.75) is 61.3 Å². The monoisotopic (exact) mass is 681 g/mol. The Morgan fingerprint density at radius 3 is 2.29 bits per heavy atom. The number of hydrogen-bond acceptors (Lipinski definition) is 17. The van der Waals surface area contributed by atoms with Crippen LogP contribution in [0.3, 0.4) is 0 Å². The van der Waals surface area contributed by atoms with Gasteiger partial charge in [-0.25, -0.2) is 4.79 Å². The number of rotatable bonds is 11. The number of aliphatic hydroxyl groups excluding tert-OH is 5. The molecule has 3 rings (SSSR count). The van der Waals surface area contributed by atoms with Gasteiger partial charge in [0.05, 0.1) is 24.7 Å². The Morgan fingerprint density at radius 1 is 1.10 bits per heavy atom. The molecule has 2 fully saturated rings. The summed E-state index contributed by atoms with van der Waals surface area (Å²) in [5, 5.41) is 52.2.